The molecule has 0 aliphatic rings. The van der Waals surface area contributed by atoms with E-state index in [9.17, 15) is 14.4 Å². The van der Waals surface area contributed by atoms with E-state index in [1.165, 1.54) is 0 Å². The average molecular weight is 295 g/mol. The maximum Gasteiger partial charge on any atom is 0.323 e. The van der Waals surface area contributed by atoms with Crippen LogP contribution in [0.4, 0.5) is 4.79 Å². The molecule has 114 valence electrons. The van der Waals surface area contributed by atoms with E-state index in [-0.39, 0.29) is 6.54 Å². The largest absolute Gasteiger partial charge is 0.480 e. The van der Waals surface area contributed by atoms with Crippen molar-refractivity contribution < 1.29 is 24.6 Å². The number of aryl methyl sites for hydroxylation is 1. The van der Waals surface area contributed by atoms with E-state index < -0.39 is 31.1 Å². The molecule has 0 saturated heterocycles. The summed E-state index contributed by atoms with van der Waals surface area (Å²) >= 11 is 0. The normalized spacial score (nSPS) is 9.95. The number of carboxylic acids is 2. The van der Waals surface area contributed by atoms with E-state index in [1.54, 1.807) is 12.3 Å². The second-order valence-electron chi connectivity index (χ2n) is 4.27. The lowest BCUT2D eigenvalue weighted by molar-refractivity contribution is -0.140. The monoisotopic (exact) mass is 295 g/mol. The number of nitrogens with one attached hydrogen (secondary N) is 1. The van der Waals surface area contributed by atoms with Crippen molar-refractivity contribution >= 4 is 18.0 Å². The van der Waals surface area contributed by atoms with Gasteiger partial charge in [-0.25, -0.2) is 4.79 Å². The number of pyridine rings is 1. The van der Waals surface area contributed by atoms with E-state index in [1.807, 2.05) is 13.0 Å². The number of carbonyl (C=O) groups is 3. The standard InChI is InChI=1S/C13H17N3O5/c1-2-9-4-3-5-14-10(9)6-15-13(21)16(7-11(17)18)8-12(19)20/h3-5H,2,6-8H2,1H3,(H,15,21)(H,17,18)(H,19,20). The maximum atomic E-state index is 11.8. The molecule has 0 radical (unpaired) electrons. The van der Waals surface area contributed by atoms with Gasteiger partial charge in [0, 0.05) is 6.20 Å². The Hall–Kier alpha value is -2.64. The van der Waals surface area contributed by atoms with Crippen molar-refractivity contribution in [2.75, 3.05) is 13.1 Å². The number of rotatable bonds is 7. The number of aliphatic carboxylic acids is 2. The van der Waals surface area contributed by atoms with Gasteiger partial charge in [-0.1, -0.05) is 13.0 Å². The quantitative estimate of drug-likeness (QED) is 0.666. The Morgan fingerprint density at radius 1 is 1.24 bits per heavy atom. The van der Waals surface area contributed by atoms with Crippen LogP contribution in [0.25, 0.3) is 0 Å². The Bertz CT molecular complexity index is 516. The molecule has 0 aromatic carbocycles. The molecule has 0 unspecified atom stereocenters. The molecule has 0 bridgehead atoms. The van der Waals surface area contributed by atoms with Crippen molar-refractivity contribution in [3.63, 3.8) is 0 Å². The first-order valence-electron chi connectivity index (χ1n) is 6.33. The number of nitrogens with zero attached hydrogens (tertiary/aromatic N) is 2. The number of carboxylic acid groups (broad SMARTS) is 2. The first-order valence-corrected chi connectivity index (χ1v) is 6.33. The van der Waals surface area contributed by atoms with Crippen molar-refractivity contribution in [2.24, 2.45) is 0 Å². The minimum absolute atomic E-state index is 0.110. The molecular formula is C13H17N3O5. The number of hydrogen-bond acceptors (Lipinski definition) is 4. The molecule has 0 atom stereocenters. The number of amides is 2. The minimum atomic E-state index is -1.28. The van der Waals surface area contributed by atoms with Crippen molar-refractivity contribution in [2.45, 2.75) is 19.9 Å². The highest BCUT2D eigenvalue weighted by Gasteiger charge is 2.19. The van der Waals surface area contributed by atoms with Gasteiger partial charge >= 0.3 is 18.0 Å². The van der Waals surface area contributed by atoms with Crippen molar-refractivity contribution in [1.29, 1.82) is 0 Å². The van der Waals surface area contributed by atoms with Crippen molar-refractivity contribution in [3.8, 4) is 0 Å². The Labute approximate surface area is 121 Å². The molecule has 1 aromatic heterocycles. The number of carbonyl (C=O) groups excluding carboxylic acids is 1. The Kier molecular flexibility index (Phi) is 6.12. The van der Waals surface area contributed by atoms with E-state index >= 15 is 0 Å². The van der Waals surface area contributed by atoms with Crippen LogP contribution >= 0.6 is 0 Å². The van der Waals surface area contributed by atoms with Gasteiger partial charge in [0.2, 0.25) is 0 Å². The van der Waals surface area contributed by atoms with E-state index in [4.69, 9.17) is 10.2 Å². The lowest BCUT2D eigenvalue weighted by Gasteiger charge is -2.19. The third kappa shape index (κ3) is 5.47. The van der Waals surface area contributed by atoms with Crippen LogP contribution in [-0.2, 0) is 22.6 Å². The van der Waals surface area contributed by atoms with Gasteiger partial charge in [0.1, 0.15) is 13.1 Å². The summed E-state index contributed by atoms with van der Waals surface area (Å²) < 4.78 is 0. The zero-order valence-electron chi connectivity index (χ0n) is 11.6. The molecule has 3 N–H and O–H groups in total. The summed E-state index contributed by atoms with van der Waals surface area (Å²) in [6.07, 6.45) is 2.33. The van der Waals surface area contributed by atoms with Gasteiger partial charge in [-0.15, -0.1) is 0 Å². The molecule has 8 heteroatoms. The first kappa shape index (κ1) is 16.4. The molecule has 0 aliphatic heterocycles. The van der Waals surface area contributed by atoms with Gasteiger partial charge in [0.25, 0.3) is 0 Å². The molecule has 8 nitrogen and oxygen atoms in total. The molecule has 0 spiro atoms. The van der Waals surface area contributed by atoms with Crippen LogP contribution in [0.15, 0.2) is 18.3 Å². The van der Waals surface area contributed by atoms with E-state index in [0.717, 1.165) is 12.0 Å². The highest BCUT2D eigenvalue weighted by atomic mass is 16.4. The Balaban J connectivity index is 2.68. The maximum absolute atomic E-state index is 11.8. The third-order valence-electron chi connectivity index (χ3n) is 2.71. The van der Waals surface area contributed by atoms with Gasteiger partial charge in [-0.2, -0.15) is 0 Å². The highest BCUT2D eigenvalue weighted by Crippen LogP contribution is 2.05. The van der Waals surface area contributed by atoms with Crippen molar-refractivity contribution in [1.82, 2.24) is 15.2 Å². The first-order chi connectivity index (χ1) is 9.93. The predicted octanol–water partition coefficient (Wildman–Crippen LogP) is 0.325. The molecule has 0 fully saturated rings. The molecule has 1 heterocycles. The van der Waals surface area contributed by atoms with Crippen LogP contribution in [0.3, 0.4) is 0 Å². The van der Waals surface area contributed by atoms with Crippen LogP contribution in [0.1, 0.15) is 18.2 Å². The zero-order valence-corrected chi connectivity index (χ0v) is 11.6. The summed E-state index contributed by atoms with van der Waals surface area (Å²) in [5.74, 6) is -2.56. The van der Waals surface area contributed by atoms with Gasteiger partial charge in [-0.3, -0.25) is 14.6 Å². The summed E-state index contributed by atoms with van der Waals surface area (Å²) in [4.78, 5) is 38.0. The summed E-state index contributed by atoms with van der Waals surface area (Å²) in [6.45, 7) is 0.698. The molecule has 0 saturated carbocycles. The second-order valence-corrected chi connectivity index (χ2v) is 4.27. The van der Waals surface area contributed by atoms with Crippen LogP contribution in [0.5, 0.6) is 0 Å². The molecule has 21 heavy (non-hydrogen) atoms. The van der Waals surface area contributed by atoms with Crippen LogP contribution < -0.4 is 5.32 Å². The molecule has 2 amide bonds. The molecule has 1 rings (SSSR count). The van der Waals surface area contributed by atoms with Crippen LogP contribution in [0, 0.1) is 0 Å². The SMILES string of the molecule is CCc1cccnc1CNC(=O)N(CC(=O)O)CC(=O)O. The van der Waals surface area contributed by atoms with Gasteiger partial charge in [-0.05, 0) is 18.1 Å². The predicted molar refractivity (Wildman–Crippen MR) is 72.7 cm³/mol. The van der Waals surface area contributed by atoms with Gasteiger partial charge < -0.3 is 20.4 Å². The summed E-state index contributed by atoms with van der Waals surface area (Å²) in [5.41, 5.74) is 1.62. The Morgan fingerprint density at radius 3 is 2.38 bits per heavy atom. The number of urea groups is 1. The fourth-order valence-electron chi connectivity index (χ4n) is 1.75. The molecular weight excluding hydrogens is 278 g/mol. The van der Waals surface area contributed by atoms with E-state index in [0.29, 0.717) is 10.6 Å². The summed E-state index contributed by atoms with van der Waals surface area (Å²) in [6, 6.07) is 2.90. The van der Waals surface area contributed by atoms with E-state index in [2.05, 4.69) is 10.3 Å². The van der Waals surface area contributed by atoms with Gasteiger partial charge in [0.15, 0.2) is 0 Å². The van der Waals surface area contributed by atoms with Crippen molar-refractivity contribution in [3.05, 3.63) is 29.6 Å². The number of aromatic nitrogens is 1. The molecule has 0 aliphatic carbocycles. The third-order valence-corrected chi connectivity index (χ3v) is 2.71. The topological polar surface area (TPSA) is 120 Å². The smallest absolute Gasteiger partial charge is 0.323 e. The van der Waals surface area contributed by atoms with Crippen LogP contribution in [0.2, 0.25) is 0 Å². The lowest BCUT2D eigenvalue weighted by Crippen LogP contribution is -2.45. The summed E-state index contributed by atoms with van der Waals surface area (Å²) in [7, 11) is 0. The fraction of sp³-hybridized carbons (Fsp3) is 0.385. The van der Waals surface area contributed by atoms with Crippen LogP contribution in [-0.4, -0.2) is 51.2 Å². The highest BCUT2D eigenvalue weighted by molar-refractivity contribution is 5.84. The minimum Gasteiger partial charge on any atom is -0.480 e. The summed E-state index contributed by atoms with van der Waals surface area (Å²) in [5, 5.41) is 19.9. The second kappa shape index (κ2) is 7.83. The molecule has 1 aromatic rings. The average Bonchev–Trinajstić information content (AvgIpc) is 2.43. The Morgan fingerprint density at radius 2 is 1.86 bits per heavy atom. The van der Waals surface area contributed by atoms with Gasteiger partial charge in [0.05, 0.1) is 12.2 Å². The lowest BCUT2D eigenvalue weighted by atomic mass is 10.1. The fourth-order valence-corrected chi connectivity index (χ4v) is 1.75. The number of hydrogen-bond donors (Lipinski definition) is 3. The zero-order chi connectivity index (χ0) is 15.8.